The van der Waals surface area contributed by atoms with E-state index < -0.39 is 17.5 Å². The summed E-state index contributed by atoms with van der Waals surface area (Å²) in [7, 11) is 0. The van der Waals surface area contributed by atoms with Crippen LogP contribution in [0.1, 0.15) is 0 Å². The molecule has 2 aromatic rings. The first-order valence-electron chi connectivity index (χ1n) is 5.58. The number of carbonyl (C=O) groups is 1. The van der Waals surface area contributed by atoms with Gasteiger partial charge in [-0.1, -0.05) is 18.2 Å². The lowest BCUT2D eigenvalue weighted by molar-refractivity contribution is -0.118. The minimum absolute atomic E-state index is 0.00288. The van der Waals surface area contributed by atoms with Gasteiger partial charge in [0.25, 0.3) is 5.91 Å². The number of para-hydroxylation sites is 1. The summed E-state index contributed by atoms with van der Waals surface area (Å²) in [6.07, 6.45) is 0. The molecule has 98 valence electrons. The molecule has 3 nitrogen and oxygen atoms in total. The van der Waals surface area contributed by atoms with Crippen LogP contribution in [0.4, 0.5) is 14.5 Å². The highest BCUT2D eigenvalue weighted by atomic mass is 19.1. The van der Waals surface area contributed by atoms with Gasteiger partial charge in [-0.3, -0.25) is 4.79 Å². The third-order valence-corrected chi connectivity index (χ3v) is 2.30. The van der Waals surface area contributed by atoms with Gasteiger partial charge in [-0.2, -0.15) is 0 Å². The van der Waals surface area contributed by atoms with Crippen molar-refractivity contribution in [2.24, 2.45) is 0 Å². The van der Waals surface area contributed by atoms with Crippen molar-refractivity contribution in [3.63, 3.8) is 0 Å². The molecule has 5 heteroatoms. The van der Waals surface area contributed by atoms with E-state index in [1.807, 2.05) is 0 Å². The van der Waals surface area contributed by atoms with Gasteiger partial charge in [-0.15, -0.1) is 0 Å². The zero-order valence-corrected chi connectivity index (χ0v) is 9.90. The Morgan fingerprint density at radius 1 is 1.11 bits per heavy atom. The fourth-order valence-corrected chi connectivity index (χ4v) is 1.47. The van der Waals surface area contributed by atoms with E-state index in [0.717, 1.165) is 0 Å². The second-order valence-corrected chi connectivity index (χ2v) is 3.78. The van der Waals surface area contributed by atoms with Crippen molar-refractivity contribution in [3.05, 3.63) is 60.2 Å². The van der Waals surface area contributed by atoms with E-state index >= 15 is 0 Å². The normalized spacial score (nSPS) is 10.0. The molecule has 0 heterocycles. The number of nitrogens with one attached hydrogen (secondary N) is 1. The number of anilines is 1. The van der Waals surface area contributed by atoms with Crippen LogP contribution in [0, 0.1) is 11.6 Å². The molecule has 1 N–H and O–H groups in total. The van der Waals surface area contributed by atoms with E-state index in [1.54, 1.807) is 12.1 Å². The molecule has 0 aromatic heterocycles. The van der Waals surface area contributed by atoms with Crippen molar-refractivity contribution >= 4 is 11.6 Å². The van der Waals surface area contributed by atoms with Gasteiger partial charge in [-0.05, 0) is 30.3 Å². The number of carbonyl (C=O) groups excluding carboxylic acids is 1. The number of rotatable bonds is 4. The van der Waals surface area contributed by atoms with E-state index in [0.29, 0.717) is 5.69 Å². The Labute approximate surface area is 108 Å². The topological polar surface area (TPSA) is 38.3 Å². The molecule has 0 unspecified atom stereocenters. The second kappa shape index (κ2) is 5.95. The summed E-state index contributed by atoms with van der Waals surface area (Å²) in [6, 6.07) is 11.3. The zero-order valence-electron chi connectivity index (χ0n) is 9.90. The van der Waals surface area contributed by atoms with E-state index in [2.05, 4.69) is 5.32 Å². The third kappa shape index (κ3) is 3.77. The molecule has 0 aliphatic heterocycles. The van der Waals surface area contributed by atoms with E-state index in [4.69, 9.17) is 4.74 Å². The molecule has 0 fully saturated rings. The average Bonchev–Trinajstić information content (AvgIpc) is 2.38. The maximum atomic E-state index is 13.2. The quantitative estimate of drug-likeness (QED) is 0.920. The van der Waals surface area contributed by atoms with E-state index in [9.17, 15) is 13.6 Å². The third-order valence-electron chi connectivity index (χ3n) is 2.30. The van der Waals surface area contributed by atoms with Crippen molar-refractivity contribution < 1.29 is 18.3 Å². The smallest absolute Gasteiger partial charge is 0.262 e. The molecule has 0 radical (unpaired) electrons. The van der Waals surface area contributed by atoms with Gasteiger partial charge in [0.05, 0.1) is 0 Å². The van der Waals surface area contributed by atoms with Gasteiger partial charge >= 0.3 is 0 Å². The van der Waals surface area contributed by atoms with Gasteiger partial charge in [-0.25, -0.2) is 8.78 Å². The molecule has 0 saturated carbocycles. The van der Waals surface area contributed by atoms with Gasteiger partial charge in [0.2, 0.25) is 0 Å². The van der Waals surface area contributed by atoms with Gasteiger partial charge in [0.15, 0.2) is 18.2 Å². The summed E-state index contributed by atoms with van der Waals surface area (Å²) in [5.74, 6) is -1.49. The predicted molar refractivity (Wildman–Crippen MR) is 66.9 cm³/mol. The molecule has 2 aromatic carbocycles. The van der Waals surface area contributed by atoms with Crippen LogP contribution in [0.5, 0.6) is 5.75 Å². The zero-order chi connectivity index (χ0) is 13.7. The molecule has 0 bridgehead atoms. The first kappa shape index (κ1) is 13.0. The molecule has 2 rings (SSSR count). The number of hydrogen-bond donors (Lipinski definition) is 1. The fraction of sp³-hybridized carbons (Fsp3) is 0.0714. The number of halogens is 2. The molecule has 0 atom stereocenters. The molecule has 0 aliphatic rings. The van der Waals surface area contributed by atoms with Crippen molar-refractivity contribution in [3.8, 4) is 5.75 Å². The highest BCUT2D eigenvalue weighted by Gasteiger charge is 2.06. The Hall–Kier alpha value is -2.43. The predicted octanol–water partition coefficient (Wildman–Crippen LogP) is 2.98. The van der Waals surface area contributed by atoms with Crippen LogP contribution in [0.3, 0.4) is 0 Å². The van der Waals surface area contributed by atoms with Gasteiger partial charge in [0, 0.05) is 5.69 Å². The maximum absolute atomic E-state index is 13.2. The second-order valence-electron chi connectivity index (χ2n) is 3.78. The first-order chi connectivity index (χ1) is 9.15. The van der Waals surface area contributed by atoms with Gasteiger partial charge < -0.3 is 10.1 Å². The highest BCUT2D eigenvalue weighted by molar-refractivity contribution is 5.91. The molecule has 1 amide bonds. The first-order valence-corrected chi connectivity index (χ1v) is 5.58. The number of ether oxygens (including phenoxy) is 1. The molecular formula is C14H11F2NO2. The van der Waals surface area contributed by atoms with E-state index in [1.165, 1.54) is 36.4 Å². The van der Waals surface area contributed by atoms with Crippen LogP contribution in [0.2, 0.25) is 0 Å². The summed E-state index contributed by atoms with van der Waals surface area (Å²) < 4.78 is 31.1. The molecule has 0 spiro atoms. The summed E-state index contributed by atoms with van der Waals surface area (Å²) in [5, 5.41) is 2.45. The minimum atomic E-state index is -0.541. The van der Waals surface area contributed by atoms with Crippen LogP contribution >= 0.6 is 0 Å². The molecule has 19 heavy (non-hydrogen) atoms. The largest absolute Gasteiger partial charge is 0.481 e. The minimum Gasteiger partial charge on any atom is -0.481 e. The lowest BCUT2D eigenvalue weighted by Gasteiger charge is -2.08. The maximum Gasteiger partial charge on any atom is 0.262 e. The summed E-state index contributed by atoms with van der Waals surface area (Å²) in [6.45, 7) is -0.350. The monoisotopic (exact) mass is 263 g/mol. The van der Waals surface area contributed by atoms with Crippen molar-refractivity contribution in [1.29, 1.82) is 0 Å². The molecule has 0 saturated heterocycles. The van der Waals surface area contributed by atoms with Crippen molar-refractivity contribution in [2.45, 2.75) is 0 Å². The van der Waals surface area contributed by atoms with Crippen LogP contribution < -0.4 is 10.1 Å². The average molecular weight is 263 g/mol. The number of hydrogen-bond acceptors (Lipinski definition) is 2. The van der Waals surface area contributed by atoms with Crippen LogP contribution in [-0.2, 0) is 4.79 Å². The van der Waals surface area contributed by atoms with Gasteiger partial charge in [0.1, 0.15) is 5.82 Å². The number of amides is 1. The lowest BCUT2D eigenvalue weighted by atomic mass is 10.3. The number of benzene rings is 2. The summed E-state index contributed by atoms with van der Waals surface area (Å²) in [4.78, 5) is 11.5. The standard InChI is InChI=1S/C14H11F2NO2/c15-10-4-3-5-11(8-10)17-14(18)9-19-13-7-2-1-6-12(13)16/h1-8H,9H2,(H,17,18). The summed E-state index contributed by atoms with van der Waals surface area (Å²) in [5.41, 5.74) is 0.321. The van der Waals surface area contributed by atoms with E-state index in [-0.39, 0.29) is 12.4 Å². The van der Waals surface area contributed by atoms with Crippen LogP contribution in [0.25, 0.3) is 0 Å². The Balaban J connectivity index is 1.90. The highest BCUT2D eigenvalue weighted by Crippen LogP contribution is 2.15. The van der Waals surface area contributed by atoms with Crippen molar-refractivity contribution in [1.82, 2.24) is 0 Å². The lowest BCUT2D eigenvalue weighted by Crippen LogP contribution is -2.20. The summed E-state index contributed by atoms with van der Waals surface area (Å²) >= 11 is 0. The van der Waals surface area contributed by atoms with Crippen LogP contribution in [0.15, 0.2) is 48.5 Å². The Kier molecular flexibility index (Phi) is 4.07. The fourth-order valence-electron chi connectivity index (χ4n) is 1.47. The Morgan fingerprint density at radius 2 is 1.89 bits per heavy atom. The Morgan fingerprint density at radius 3 is 2.63 bits per heavy atom. The SMILES string of the molecule is O=C(COc1ccccc1F)Nc1cccc(F)c1. The van der Waals surface area contributed by atoms with Crippen molar-refractivity contribution in [2.75, 3.05) is 11.9 Å². The van der Waals surface area contributed by atoms with Crippen LogP contribution in [-0.4, -0.2) is 12.5 Å². The molecule has 0 aliphatic carbocycles. The Bertz CT molecular complexity index is 587. The molecular weight excluding hydrogens is 252 g/mol.